The lowest BCUT2D eigenvalue weighted by Gasteiger charge is -2.13. The Morgan fingerprint density at radius 3 is 2.40 bits per heavy atom. The molecule has 20 heavy (non-hydrogen) atoms. The highest BCUT2D eigenvalue weighted by Crippen LogP contribution is 2.31. The van der Waals surface area contributed by atoms with Crippen LogP contribution in [0, 0.1) is 0 Å². The third-order valence-corrected chi connectivity index (χ3v) is 2.29. The molecule has 1 amide bonds. The predicted molar refractivity (Wildman–Crippen MR) is 64.5 cm³/mol. The normalized spacial score (nSPS) is 11.3. The second kappa shape index (κ2) is 6.40. The van der Waals surface area contributed by atoms with Crippen LogP contribution in [0.3, 0.4) is 0 Å². The largest absolute Gasteiger partial charge is 0.456 e. The lowest BCUT2D eigenvalue weighted by atomic mass is 10.1. The Morgan fingerprint density at radius 2 is 1.85 bits per heavy atom. The smallest absolute Gasteiger partial charge is 0.416 e. The number of alkyl halides is 3. The molecule has 1 rings (SSSR count). The van der Waals surface area contributed by atoms with Crippen LogP contribution in [0.1, 0.15) is 25.0 Å². The van der Waals surface area contributed by atoms with Crippen molar-refractivity contribution in [1.29, 1.82) is 0 Å². The summed E-state index contributed by atoms with van der Waals surface area (Å²) in [4.78, 5) is 22.5. The van der Waals surface area contributed by atoms with Gasteiger partial charge in [-0.2, -0.15) is 13.2 Å². The first-order valence-corrected chi connectivity index (χ1v) is 5.85. The molecule has 0 aliphatic carbocycles. The first-order chi connectivity index (χ1) is 9.21. The van der Waals surface area contributed by atoms with Crippen molar-refractivity contribution >= 4 is 11.9 Å². The van der Waals surface area contributed by atoms with Crippen LogP contribution in [-0.2, 0) is 27.0 Å². The van der Waals surface area contributed by atoms with E-state index in [1.165, 1.54) is 18.2 Å². The molecule has 110 valence electrons. The Morgan fingerprint density at radius 1 is 1.25 bits per heavy atom. The molecule has 0 saturated carbocycles. The molecular formula is C13H14F3NO3. The van der Waals surface area contributed by atoms with Gasteiger partial charge >= 0.3 is 18.1 Å². The van der Waals surface area contributed by atoms with E-state index in [-0.39, 0.29) is 5.56 Å². The van der Waals surface area contributed by atoms with E-state index in [9.17, 15) is 22.8 Å². The number of amides is 1. The summed E-state index contributed by atoms with van der Waals surface area (Å²) in [5, 5.41) is 2.10. The number of hydrogen-bond donors (Lipinski definition) is 1. The number of nitrogens with one attached hydrogen (secondary N) is 1. The molecule has 0 aliphatic heterocycles. The zero-order valence-corrected chi connectivity index (χ0v) is 11.0. The molecule has 0 fully saturated rings. The number of carbonyl (C=O) groups is 2. The first kappa shape index (κ1) is 16.0. The Bertz CT molecular complexity index is 498. The van der Waals surface area contributed by atoms with E-state index in [0.29, 0.717) is 0 Å². The van der Waals surface area contributed by atoms with Gasteiger partial charge in [0.1, 0.15) is 0 Å². The number of rotatable bonds is 3. The van der Waals surface area contributed by atoms with Crippen LogP contribution in [0.25, 0.3) is 0 Å². The molecule has 4 nitrogen and oxygen atoms in total. The van der Waals surface area contributed by atoms with Crippen molar-refractivity contribution in [3.8, 4) is 0 Å². The fraction of sp³-hybridized carbons (Fsp3) is 0.385. The van der Waals surface area contributed by atoms with Gasteiger partial charge in [0.2, 0.25) is 0 Å². The molecule has 1 aromatic carbocycles. The molecule has 0 heterocycles. The molecular weight excluding hydrogens is 275 g/mol. The number of benzene rings is 1. The van der Waals surface area contributed by atoms with Crippen LogP contribution in [0.2, 0.25) is 0 Å². The van der Waals surface area contributed by atoms with Crippen LogP contribution in [0.4, 0.5) is 13.2 Å². The highest BCUT2D eigenvalue weighted by molar-refractivity contribution is 6.32. The van der Waals surface area contributed by atoms with Crippen LogP contribution in [0.5, 0.6) is 0 Å². The maximum Gasteiger partial charge on any atom is 0.416 e. The fourth-order valence-corrected chi connectivity index (χ4v) is 1.47. The third kappa shape index (κ3) is 4.56. The van der Waals surface area contributed by atoms with Crippen molar-refractivity contribution in [3.05, 3.63) is 35.4 Å². The van der Waals surface area contributed by atoms with E-state index in [0.717, 1.165) is 6.07 Å². The minimum Gasteiger partial charge on any atom is -0.456 e. The van der Waals surface area contributed by atoms with Gasteiger partial charge < -0.3 is 10.1 Å². The highest BCUT2D eigenvalue weighted by atomic mass is 19.4. The summed E-state index contributed by atoms with van der Waals surface area (Å²) < 4.78 is 42.7. The van der Waals surface area contributed by atoms with Crippen molar-refractivity contribution in [2.75, 3.05) is 0 Å². The number of ether oxygens (including phenoxy) is 1. The van der Waals surface area contributed by atoms with Gasteiger partial charge in [-0.1, -0.05) is 18.2 Å². The van der Waals surface area contributed by atoms with Crippen LogP contribution >= 0.6 is 0 Å². The van der Waals surface area contributed by atoms with Crippen molar-refractivity contribution in [1.82, 2.24) is 5.32 Å². The third-order valence-electron chi connectivity index (χ3n) is 2.29. The quantitative estimate of drug-likeness (QED) is 0.686. The van der Waals surface area contributed by atoms with Gasteiger partial charge in [-0.05, 0) is 25.5 Å². The lowest BCUT2D eigenvalue weighted by molar-refractivity contribution is -0.157. The first-order valence-electron chi connectivity index (χ1n) is 5.85. The fourth-order valence-electron chi connectivity index (χ4n) is 1.47. The molecule has 0 bridgehead atoms. The SMILES string of the molecule is CC(C)OC(=O)C(=O)NCc1ccccc1C(F)(F)F. The molecule has 0 spiro atoms. The number of hydrogen-bond acceptors (Lipinski definition) is 3. The summed E-state index contributed by atoms with van der Waals surface area (Å²) in [7, 11) is 0. The van der Waals surface area contributed by atoms with E-state index in [1.54, 1.807) is 13.8 Å². The van der Waals surface area contributed by atoms with Crippen LogP contribution in [0.15, 0.2) is 24.3 Å². The standard InChI is InChI=1S/C13H14F3NO3/c1-8(2)20-12(19)11(18)17-7-9-5-3-4-6-10(9)13(14,15)16/h3-6,8H,7H2,1-2H3,(H,17,18). The summed E-state index contributed by atoms with van der Waals surface area (Å²) in [5.74, 6) is -2.19. The summed E-state index contributed by atoms with van der Waals surface area (Å²) in [6, 6.07) is 4.81. The van der Waals surface area contributed by atoms with Gasteiger partial charge in [0.15, 0.2) is 0 Å². The molecule has 0 aliphatic rings. The van der Waals surface area contributed by atoms with Gasteiger partial charge in [0.25, 0.3) is 0 Å². The maximum absolute atomic E-state index is 12.7. The van der Waals surface area contributed by atoms with Crippen LogP contribution in [-0.4, -0.2) is 18.0 Å². The van der Waals surface area contributed by atoms with E-state index >= 15 is 0 Å². The van der Waals surface area contributed by atoms with E-state index in [4.69, 9.17) is 0 Å². The topological polar surface area (TPSA) is 55.4 Å². The lowest BCUT2D eigenvalue weighted by Crippen LogP contribution is -2.33. The summed E-state index contributed by atoms with van der Waals surface area (Å²) in [5.41, 5.74) is -0.969. The average molecular weight is 289 g/mol. The van der Waals surface area contributed by atoms with Gasteiger partial charge in [-0.3, -0.25) is 4.79 Å². The number of esters is 1. The van der Waals surface area contributed by atoms with Gasteiger partial charge in [-0.15, -0.1) is 0 Å². The van der Waals surface area contributed by atoms with Crippen LogP contribution < -0.4 is 5.32 Å². The van der Waals surface area contributed by atoms with Crippen molar-refractivity contribution < 1.29 is 27.5 Å². The minimum absolute atomic E-state index is 0.120. The molecule has 0 saturated heterocycles. The highest BCUT2D eigenvalue weighted by Gasteiger charge is 2.33. The minimum atomic E-state index is -4.51. The summed E-state index contributed by atoms with van der Waals surface area (Å²) in [6.45, 7) is 2.72. The molecule has 0 atom stereocenters. The summed E-state index contributed by atoms with van der Waals surface area (Å²) in [6.07, 6.45) is -4.99. The molecule has 1 N–H and O–H groups in total. The molecule has 7 heteroatoms. The second-order valence-electron chi connectivity index (χ2n) is 4.29. The average Bonchev–Trinajstić information content (AvgIpc) is 2.34. The monoisotopic (exact) mass is 289 g/mol. The van der Waals surface area contributed by atoms with E-state index in [1.807, 2.05) is 0 Å². The second-order valence-corrected chi connectivity index (χ2v) is 4.29. The van der Waals surface area contributed by atoms with Crippen molar-refractivity contribution in [2.24, 2.45) is 0 Å². The van der Waals surface area contributed by atoms with Gasteiger partial charge in [0, 0.05) is 6.54 Å². The Hall–Kier alpha value is -2.05. The molecule has 0 unspecified atom stereocenters. The van der Waals surface area contributed by atoms with Crippen molar-refractivity contribution in [3.63, 3.8) is 0 Å². The zero-order chi connectivity index (χ0) is 15.3. The van der Waals surface area contributed by atoms with Gasteiger partial charge in [0.05, 0.1) is 11.7 Å². The summed E-state index contributed by atoms with van der Waals surface area (Å²) >= 11 is 0. The van der Waals surface area contributed by atoms with Gasteiger partial charge in [-0.25, -0.2) is 4.79 Å². The predicted octanol–water partition coefficient (Wildman–Crippen LogP) is 2.27. The molecule has 0 aromatic heterocycles. The Balaban J connectivity index is 2.72. The molecule has 1 aromatic rings. The van der Waals surface area contributed by atoms with Crippen molar-refractivity contribution in [2.45, 2.75) is 32.7 Å². The van der Waals surface area contributed by atoms with E-state index in [2.05, 4.69) is 10.1 Å². The number of halogens is 3. The molecule has 0 radical (unpaired) electrons. The number of carbonyl (C=O) groups excluding carboxylic acids is 2. The Kier molecular flexibility index (Phi) is 5.12. The zero-order valence-electron chi connectivity index (χ0n) is 11.0. The van der Waals surface area contributed by atoms with E-state index < -0.39 is 36.3 Å². The maximum atomic E-state index is 12.7. The Labute approximate surface area is 113 Å².